The summed E-state index contributed by atoms with van der Waals surface area (Å²) < 4.78 is 5.52. The number of hydrogen-bond acceptors (Lipinski definition) is 2. The number of ether oxygens (including phenoxy) is 1. The fourth-order valence-corrected chi connectivity index (χ4v) is 2.29. The van der Waals surface area contributed by atoms with Gasteiger partial charge in [-0.3, -0.25) is 4.90 Å². The molecule has 1 aliphatic rings. The zero-order chi connectivity index (χ0) is 12.4. The van der Waals surface area contributed by atoms with Gasteiger partial charge >= 0.3 is 0 Å². The molecule has 0 spiro atoms. The molecule has 0 bridgehead atoms. The summed E-state index contributed by atoms with van der Waals surface area (Å²) in [5.74, 6) is 0. The zero-order valence-corrected chi connectivity index (χ0v) is 12.0. The van der Waals surface area contributed by atoms with E-state index in [-0.39, 0.29) is 5.54 Å². The number of rotatable bonds is 3. The SMILES string of the molecule is CC(C)(C)CCN(C1CCOC1)C(C)(C)C. The fourth-order valence-electron chi connectivity index (χ4n) is 2.29. The van der Waals surface area contributed by atoms with Gasteiger partial charge in [-0.05, 0) is 45.6 Å². The normalized spacial score (nSPS) is 23.1. The molecule has 1 saturated heterocycles. The predicted molar refractivity (Wildman–Crippen MR) is 69.8 cm³/mol. The van der Waals surface area contributed by atoms with Crippen LogP contribution in [0.15, 0.2) is 0 Å². The van der Waals surface area contributed by atoms with E-state index in [1.54, 1.807) is 0 Å². The predicted octanol–water partition coefficient (Wildman–Crippen LogP) is 3.31. The third-order valence-electron chi connectivity index (χ3n) is 3.31. The lowest BCUT2D eigenvalue weighted by Gasteiger charge is -2.41. The Hall–Kier alpha value is -0.0800. The quantitative estimate of drug-likeness (QED) is 0.733. The van der Waals surface area contributed by atoms with Crippen LogP contribution in [-0.2, 0) is 4.74 Å². The first-order valence-corrected chi connectivity index (χ1v) is 6.55. The highest BCUT2D eigenvalue weighted by molar-refractivity contribution is 4.86. The first kappa shape index (κ1) is 14.0. The van der Waals surface area contributed by atoms with Gasteiger partial charge < -0.3 is 4.74 Å². The number of nitrogens with zero attached hydrogens (tertiary/aromatic N) is 1. The van der Waals surface area contributed by atoms with E-state index in [4.69, 9.17) is 4.74 Å². The van der Waals surface area contributed by atoms with Crippen LogP contribution in [-0.4, -0.2) is 36.2 Å². The van der Waals surface area contributed by atoms with Crippen LogP contribution < -0.4 is 0 Å². The molecule has 0 saturated carbocycles. The Kier molecular flexibility index (Phi) is 4.42. The van der Waals surface area contributed by atoms with Gasteiger partial charge in [0.2, 0.25) is 0 Å². The van der Waals surface area contributed by atoms with Crippen molar-refractivity contribution >= 4 is 0 Å². The van der Waals surface area contributed by atoms with E-state index < -0.39 is 0 Å². The zero-order valence-electron chi connectivity index (χ0n) is 12.0. The Morgan fingerprint density at radius 2 is 1.75 bits per heavy atom. The summed E-state index contributed by atoms with van der Waals surface area (Å²) in [4.78, 5) is 2.63. The van der Waals surface area contributed by atoms with Crippen molar-refractivity contribution in [2.75, 3.05) is 19.8 Å². The average Bonchev–Trinajstić information content (AvgIpc) is 2.52. The van der Waals surface area contributed by atoms with Crippen LogP contribution in [0.5, 0.6) is 0 Å². The van der Waals surface area contributed by atoms with E-state index in [1.807, 2.05) is 0 Å². The summed E-state index contributed by atoms with van der Waals surface area (Å²) in [6, 6.07) is 0.627. The second-order valence-corrected chi connectivity index (χ2v) is 7.19. The summed E-state index contributed by atoms with van der Waals surface area (Å²) in [5.41, 5.74) is 0.673. The van der Waals surface area contributed by atoms with Crippen LogP contribution in [0.3, 0.4) is 0 Å². The molecule has 0 aromatic rings. The van der Waals surface area contributed by atoms with Gasteiger partial charge in [0.15, 0.2) is 0 Å². The second kappa shape index (κ2) is 5.05. The minimum absolute atomic E-state index is 0.254. The molecule has 0 aromatic heterocycles. The van der Waals surface area contributed by atoms with Crippen molar-refractivity contribution < 1.29 is 4.74 Å². The molecule has 0 N–H and O–H groups in total. The van der Waals surface area contributed by atoms with E-state index >= 15 is 0 Å². The van der Waals surface area contributed by atoms with Crippen LogP contribution in [0.1, 0.15) is 54.4 Å². The molecule has 96 valence electrons. The lowest BCUT2D eigenvalue weighted by Crippen LogP contribution is -2.49. The van der Waals surface area contributed by atoms with E-state index in [9.17, 15) is 0 Å². The van der Waals surface area contributed by atoms with E-state index in [0.29, 0.717) is 11.5 Å². The molecule has 0 aromatic carbocycles. The molecule has 1 atom stereocenters. The third-order valence-corrected chi connectivity index (χ3v) is 3.31. The molecule has 2 heteroatoms. The maximum atomic E-state index is 5.52. The van der Waals surface area contributed by atoms with Crippen molar-refractivity contribution in [1.29, 1.82) is 0 Å². The van der Waals surface area contributed by atoms with Crippen molar-refractivity contribution in [1.82, 2.24) is 4.90 Å². The molecular formula is C14H29NO. The van der Waals surface area contributed by atoms with Crippen LogP contribution in [0.25, 0.3) is 0 Å². The highest BCUT2D eigenvalue weighted by Crippen LogP contribution is 2.26. The van der Waals surface area contributed by atoms with Gasteiger partial charge in [-0.15, -0.1) is 0 Å². The monoisotopic (exact) mass is 227 g/mol. The van der Waals surface area contributed by atoms with Gasteiger partial charge in [-0.1, -0.05) is 20.8 Å². The summed E-state index contributed by atoms with van der Waals surface area (Å²) >= 11 is 0. The Morgan fingerprint density at radius 3 is 2.12 bits per heavy atom. The molecule has 0 radical (unpaired) electrons. The van der Waals surface area contributed by atoms with Crippen LogP contribution >= 0.6 is 0 Å². The lowest BCUT2D eigenvalue weighted by atomic mass is 9.90. The van der Waals surface area contributed by atoms with Crippen LogP contribution in [0, 0.1) is 5.41 Å². The first-order chi connectivity index (χ1) is 7.20. The first-order valence-electron chi connectivity index (χ1n) is 6.55. The smallest absolute Gasteiger partial charge is 0.0622 e. The maximum Gasteiger partial charge on any atom is 0.0622 e. The maximum absolute atomic E-state index is 5.52. The molecule has 2 nitrogen and oxygen atoms in total. The van der Waals surface area contributed by atoms with Crippen molar-refractivity contribution in [3.8, 4) is 0 Å². The summed E-state index contributed by atoms with van der Waals surface area (Å²) in [7, 11) is 0. The van der Waals surface area contributed by atoms with Gasteiger partial charge in [-0.25, -0.2) is 0 Å². The van der Waals surface area contributed by atoms with Crippen LogP contribution in [0.4, 0.5) is 0 Å². The Balaban J connectivity index is 2.57. The standard InChI is InChI=1S/C14H29NO/c1-13(2,3)8-9-15(14(4,5)6)12-7-10-16-11-12/h12H,7-11H2,1-6H3. The molecule has 0 amide bonds. The van der Waals surface area contributed by atoms with Gasteiger partial charge in [0.25, 0.3) is 0 Å². The van der Waals surface area contributed by atoms with Crippen LogP contribution in [0.2, 0.25) is 0 Å². The van der Waals surface area contributed by atoms with E-state index in [2.05, 4.69) is 46.4 Å². The molecule has 1 rings (SSSR count). The molecule has 1 unspecified atom stereocenters. The minimum Gasteiger partial charge on any atom is -0.380 e. The third kappa shape index (κ3) is 4.42. The molecular weight excluding hydrogens is 198 g/mol. The van der Waals surface area contributed by atoms with Gasteiger partial charge in [0.1, 0.15) is 0 Å². The Bertz CT molecular complexity index is 206. The topological polar surface area (TPSA) is 12.5 Å². The molecule has 1 aliphatic heterocycles. The van der Waals surface area contributed by atoms with Gasteiger partial charge in [0, 0.05) is 18.2 Å². The van der Waals surface area contributed by atoms with E-state index in [1.165, 1.54) is 19.4 Å². The summed E-state index contributed by atoms with van der Waals surface area (Å²) in [5, 5.41) is 0. The van der Waals surface area contributed by atoms with Crippen molar-refractivity contribution in [3.05, 3.63) is 0 Å². The Morgan fingerprint density at radius 1 is 1.12 bits per heavy atom. The lowest BCUT2D eigenvalue weighted by molar-refractivity contribution is 0.0587. The van der Waals surface area contributed by atoms with Crippen molar-refractivity contribution in [3.63, 3.8) is 0 Å². The van der Waals surface area contributed by atoms with Crippen molar-refractivity contribution in [2.45, 2.75) is 66.0 Å². The second-order valence-electron chi connectivity index (χ2n) is 7.19. The Labute approximate surface area is 101 Å². The van der Waals surface area contributed by atoms with Crippen molar-refractivity contribution in [2.24, 2.45) is 5.41 Å². The largest absolute Gasteiger partial charge is 0.380 e. The average molecular weight is 227 g/mol. The molecule has 0 aliphatic carbocycles. The minimum atomic E-state index is 0.254. The van der Waals surface area contributed by atoms with Gasteiger partial charge in [-0.2, -0.15) is 0 Å². The molecule has 1 heterocycles. The van der Waals surface area contributed by atoms with E-state index in [0.717, 1.165) is 13.2 Å². The fraction of sp³-hybridized carbons (Fsp3) is 1.00. The number of hydrogen-bond donors (Lipinski definition) is 0. The molecule has 1 fully saturated rings. The molecule has 16 heavy (non-hydrogen) atoms. The summed E-state index contributed by atoms with van der Waals surface area (Å²) in [6.07, 6.45) is 2.45. The summed E-state index contributed by atoms with van der Waals surface area (Å²) in [6.45, 7) is 16.9. The highest BCUT2D eigenvalue weighted by atomic mass is 16.5. The van der Waals surface area contributed by atoms with Gasteiger partial charge in [0.05, 0.1) is 6.61 Å². The highest BCUT2D eigenvalue weighted by Gasteiger charge is 2.31.